The molecular formula is C32H68N2O2. The van der Waals surface area contributed by atoms with Crippen molar-refractivity contribution in [2.45, 2.75) is 154 Å². The number of unbranched alkanes of at least 4 members (excludes halogenated alkanes) is 18. The van der Waals surface area contributed by atoms with Crippen LogP contribution in [0.3, 0.4) is 0 Å². The predicted octanol–water partition coefficient (Wildman–Crippen LogP) is 8.72. The summed E-state index contributed by atoms with van der Waals surface area (Å²) in [5.41, 5.74) is 0. The molecule has 0 amide bonds. The van der Waals surface area contributed by atoms with Crippen LogP contribution in [0, 0.1) is 0 Å². The van der Waals surface area contributed by atoms with Crippen LogP contribution >= 0.6 is 0 Å². The molecule has 0 saturated heterocycles. The van der Waals surface area contributed by atoms with E-state index in [0.717, 1.165) is 26.3 Å². The van der Waals surface area contributed by atoms with Crippen LogP contribution in [0.5, 0.6) is 0 Å². The highest BCUT2D eigenvalue weighted by molar-refractivity contribution is 4.76. The van der Waals surface area contributed by atoms with Gasteiger partial charge in [-0.05, 0) is 41.0 Å². The maximum atomic E-state index is 6.45. The van der Waals surface area contributed by atoms with Gasteiger partial charge in [-0.1, -0.05) is 129 Å². The van der Waals surface area contributed by atoms with Gasteiger partial charge in [-0.25, -0.2) is 0 Å². The molecule has 0 spiro atoms. The zero-order valence-electron chi connectivity index (χ0n) is 25.8. The average molecular weight is 513 g/mol. The molecule has 2 atom stereocenters. The van der Waals surface area contributed by atoms with Gasteiger partial charge >= 0.3 is 0 Å². The highest BCUT2D eigenvalue weighted by Crippen LogP contribution is 2.14. The Morgan fingerprint density at radius 3 is 0.889 bits per heavy atom. The second-order valence-electron chi connectivity index (χ2n) is 11.7. The van der Waals surface area contributed by atoms with Gasteiger partial charge in [-0.2, -0.15) is 0 Å². The third-order valence-electron chi connectivity index (χ3n) is 7.16. The molecule has 0 aliphatic carbocycles. The Labute approximate surface area is 228 Å². The molecule has 0 saturated carbocycles. The standard InChI is InChI=1S/C32H68N2O2/c1-7-9-11-13-15-17-19-21-23-25-27-35-31(29-33(3)4)32(30-34(5)6)36-28-26-24-22-20-18-16-14-12-10-8-2/h31-32H,7-30H2,1-6H3/t31-,32-/m0/s1. The van der Waals surface area contributed by atoms with E-state index in [1.807, 2.05) is 0 Å². The number of nitrogens with zero attached hydrogens (tertiary/aromatic N) is 2. The predicted molar refractivity (Wildman–Crippen MR) is 160 cm³/mol. The summed E-state index contributed by atoms with van der Waals surface area (Å²) in [7, 11) is 8.58. The number of hydrogen-bond acceptors (Lipinski definition) is 4. The van der Waals surface area contributed by atoms with Crippen molar-refractivity contribution in [3.05, 3.63) is 0 Å². The van der Waals surface area contributed by atoms with E-state index < -0.39 is 0 Å². The molecule has 0 aromatic carbocycles. The van der Waals surface area contributed by atoms with Crippen molar-refractivity contribution < 1.29 is 9.47 Å². The smallest absolute Gasteiger partial charge is 0.0975 e. The quantitative estimate of drug-likeness (QED) is 0.0935. The third-order valence-corrected chi connectivity index (χ3v) is 7.16. The lowest BCUT2D eigenvalue weighted by Crippen LogP contribution is -2.45. The van der Waals surface area contributed by atoms with Crippen LogP contribution in [-0.2, 0) is 9.47 Å². The molecule has 218 valence electrons. The molecule has 0 aromatic rings. The van der Waals surface area contributed by atoms with Crippen molar-refractivity contribution in [2.75, 3.05) is 54.5 Å². The van der Waals surface area contributed by atoms with Crippen molar-refractivity contribution in [3.8, 4) is 0 Å². The van der Waals surface area contributed by atoms with E-state index in [-0.39, 0.29) is 12.2 Å². The Morgan fingerprint density at radius 2 is 0.639 bits per heavy atom. The molecule has 0 radical (unpaired) electrons. The second kappa shape index (κ2) is 27.9. The Morgan fingerprint density at radius 1 is 0.389 bits per heavy atom. The number of rotatable bonds is 29. The van der Waals surface area contributed by atoms with Gasteiger partial charge < -0.3 is 19.3 Å². The van der Waals surface area contributed by atoms with Crippen molar-refractivity contribution in [3.63, 3.8) is 0 Å². The summed E-state index contributed by atoms with van der Waals surface area (Å²) in [4.78, 5) is 4.49. The molecule has 0 aromatic heterocycles. The van der Waals surface area contributed by atoms with E-state index in [9.17, 15) is 0 Å². The van der Waals surface area contributed by atoms with Gasteiger partial charge in [0.15, 0.2) is 0 Å². The average Bonchev–Trinajstić information content (AvgIpc) is 2.84. The van der Waals surface area contributed by atoms with E-state index in [1.165, 1.54) is 128 Å². The SMILES string of the molecule is CCCCCCCCCCCCO[C@@H](CN(C)C)[C@H](CN(C)C)OCCCCCCCCCCCC. The minimum atomic E-state index is 0.143. The van der Waals surface area contributed by atoms with E-state index in [4.69, 9.17) is 9.47 Å². The first-order valence-electron chi connectivity index (χ1n) is 16.0. The van der Waals surface area contributed by atoms with Crippen LogP contribution in [0.1, 0.15) is 142 Å². The Hall–Kier alpha value is -0.160. The minimum absolute atomic E-state index is 0.143. The first kappa shape index (κ1) is 35.8. The monoisotopic (exact) mass is 513 g/mol. The maximum Gasteiger partial charge on any atom is 0.0975 e. The van der Waals surface area contributed by atoms with Crippen molar-refractivity contribution in [2.24, 2.45) is 0 Å². The highest BCUT2D eigenvalue weighted by atomic mass is 16.5. The van der Waals surface area contributed by atoms with Crippen LogP contribution in [0.25, 0.3) is 0 Å². The fourth-order valence-corrected chi connectivity index (χ4v) is 4.92. The van der Waals surface area contributed by atoms with Gasteiger partial charge in [0.1, 0.15) is 0 Å². The summed E-state index contributed by atoms with van der Waals surface area (Å²) >= 11 is 0. The fraction of sp³-hybridized carbons (Fsp3) is 1.00. The van der Waals surface area contributed by atoms with E-state index in [1.54, 1.807) is 0 Å². The first-order chi connectivity index (χ1) is 17.5. The third kappa shape index (κ3) is 25.5. The minimum Gasteiger partial charge on any atom is -0.374 e. The largest absolute Gasteiger partial charge is 0.374 e. The van der Waals surface area contributed by atoms with Gasteiger partial charge in [-0.15, -0.1) is 0 Å². The van der Waals surface area contributed by atoms with Gasteiger partial charge in [0, 0.05) is 26.3 Å². The zero-order valence-corrected chi connectivity index (χ0v) is 25.8. The summed E-state index contributed by atoms with van der Waals surface area (Å²) in [6.45, 7) is 8.15. The molecule has 0 rings (SSSR count). The van der Waals surface area contributed by atoms with Gasteiger partial charge in [0.05, 0.1) is 12.2 Å². The summed E-state index contributed by atoms with van der Waals surface area (Å²) < 4.78 is 12.9. The number of hydrogen-bond donors (Lipinski definition) is 0. The second-order valence-corrected chi connectivity index (χ2v) is 11.7. The van der Waals surface area contributed by atoms with Crippen LogP contribution in [-0.4, -0.2) is 76.5 Å². The topological polar surface area (TPSA) is 24.9 Å². The molecule has 0 bridgehead atoms. The molecule has 0 aliphatic heterocycles. The molecule has 0 N–H and O–H groups in total. The fourth-order valence-electron chi connectivity index (χ4n) is 4.92. The van der Waals surface area contributed by atoms with E-state index in [0.29, 0.717) is 0 Å². The summed E-state index contributed by atoms with van der Waals surface area (Å²) in [5, 5.41) is 0. The lowest BCUT2D eigenvalue weighted by molar-refractivity contribution is -0.0889. The molecule has 0 aliphatic rings. The van der Waals surface area contributed by atoms with Gasteiger partial charge in [-0.3, -0.25) is 0 Å². The van der Waals surface area contributed by atoms with E-state index in [2.05, 4.69) is 51.8 Å². The Kier molecular flexibility index (Phi) is 27.7. The Balaban J connectivity index is 4.12. The van der Waals surface area contributed by atoms with Crippen LogP contribution in [0.4, 0.5) is 0 Å². The van der Waals surface area contributed by atoms with Gasteiger partial charge in [0.2, 0.25) is 0 Å². The lowest BCUT2D eigenvalue weighted by atomic mass is 10.1. The van der Waals surface area contributed by atoms with Crippen molar-refractivity contribution in [1.29, 1.82) is 0 Å². The molecule has 4 nitrogen and oxygen atoms in total. The van der Waals surface area contributed by atoms with Crippen molar-refractivity contribution in [1.82, 2.24) is 9.80 Å². The van der Waals surface area contributed by atoms with Crippen LogP contribution in [0.15, 0.2) is 0 Å². The van der Waals surface area contributed by atoms with Crippen LogP contribution < -0.4 is 0 Å². The van der Waals surface area contributed by atoms with E-state index >= 15 is 0 Å². The summed E-state index contributed by atoms with van der Waals surface area (Å²) in [6, 6.07) is 0. The van der Waals surface area contributed by atoms with Crippen molar-refractivity contribution >= 4 is 0 Å². The zero-order chi connectivity index (χ0) is 26.7. The molecule has 4 heteroatoms. The van der Waals surface area contributed by atoms with Gasteiger partial charge in [0.25, 0.3) is 0 Å². The molecule has 0 fully saturated rings. The summed E-state index contributed by atoms with van der Waals surface area (Å²) in [6.07, 6.45) is 27.6. The molecule has 0 heterocycles. The number of ether oxygens (including phenoxy) is 2. The number of likely N-dealkylation sites (N-methyl/N-ethyl adjacent to an activating group) is 2. The highest BCUT2D eigenvalue weighted by Gasteiger charge is 2.24. The first-order valence-corrected chi connectivity index (χ1v) is 16.0. The summed E-state index contributed by atoms with van der Waals surface area (Å²) in [5.74, 6) is 0. The molecular weight excluding hydrogens is 444 g/mol. The Bertz CT molecular complexity index is 379. The molecule has 36 heavy (non-hydrogen) atoms. The lowest BCUT2D eigenvalue weighted by Gasteiger charge is -2.31. The maximum absolute atomic E-state index is 6.45. The normalized spacial score (nSPS) is 13.7. The van der Waals surface area contributed by atoms with Crippen LogP contribution in [0.2, 0.25) is 0 Å². The molecule has 0 unspecified atom stereocenters.